The first-order chi connectivity index (χ1) is 15.0. The average molecular weight is 445 g/mol. The molecule has 1 saturated heterocycles. The van der Waals surface area contributed by atoms with Gasteiger partial charge in [-0.15, -0.1) is 0 Å². The Morgan fingerprint density at radius 2 is 1.77 bits per heavy atom. The first kappa shape index (κ1) is 21.2. The minimum Gasteiger partial charge on any atom is -0.464 e. The zero-order chi connectivity index (χ0) is 21.4. The van der Waals surface area contributed by atoms with Gasteiger partial charge in [-0.1, -0.05) is 12.1 Å². The summed E-state index contributed by atoms with van der Waals surface area (Å²) in [6.45, 7) is 1.21. The van der Waals surface area contributed by atoms with Crippen LogP contribution in [0.3, 0.4) is 0 Å². The van der Waals surface area contributed by atoms with Gasteiger partial charge in [0.2, 0.25) is 0 Å². The second kappa shape index (κ2) is 8.68. The Hall–Kier alpha value is -1.69. The van der Waals surface area contributed by atoms with Gasteiger partial charge in [0.25, 0.3) is 0 Å². The number of hydrogen-bond donors (Lipinski definition) is 1. The molecule has 0 amide bonds. The minimum atomic E-state index is -0.264. The van der Waals surface area contributed by atoms with Crippen LogP contribution in [0.25, 0.3) is 0 Å². The fourth-order valence-corrected chi connectivity index (χ4v) is 7.45. The first-order valence-electron chi connectivity index (χ1n) is 12.0. The Morgan fingerprint density at radius 3 is 2.42 bits per heavy atom. The number of nitrogens with zero attached hydrogens (tertiary/aromatic N) is 1. The van der Waals surface area contributed by atoms with E-state index in [1.54, 1.807) is 12.1 Å². The van der Waals surface area contributed by atoms with E-state index in [1.165, 1.54) is 50.7 Å². The summed E-state index contributed by atoms with van der Waals surface area (Å²) < 4.78 is 18.6. The molecule has 1 aliphatic heterocycles. The predicted molar refractivity (Wildman–Crippen MR) is 122 cm³/mol. The SMILES string of the molecule is O=C(OCCCc1ccc(F)cc1)[C@@H]1CCCN1C(=S)NC12CC3CC(CC(C3)C1)C2. The largest absolute Gasteiger partial charge is 0.464 e. The molecule has 6 heteroatoms. The third-order valence-corrected chi connectivity index (χ3v) is 8.30. The third kappa shape index (κ3) is 4.59. The Bertz CT molecular complexity index is 792. The molecule has 4 saturated carbocycles. The summed E-state index contributed by atoms with van der Waals surface area (Å²) in [6.07, 6.45) is 11.2. The van der Waals surface area contributed by atoms with Gasteiger partial charge in [0.05, 0.1) is 6.61 Å². The van der Waals surface area contributed by atoms with Crippen molar-refractivity contribution in [2.45, 2.75) is 75.8 Å². The maximum absolute atomic E-state index is 13.0. The molecule has 0 aromatic heterocycles. The van der Waals surface area contributed by atoms with Crippen molar-refractivity contribution in [3.8, 4) is 0 Å². The Balaban J connectivity index is 1.12. The summed E-state index contributed by atoms with van der Waals surface area (Å²) in [5, 5.41) is 4.52. The molecule has 31 heavy (non-hydrogen) atoms. The summed E-state index contributed by atoms with van der Waals surface area (Å²) in [5.74, 6) is 2.20. The topological polar surface area (TPSA) is 41.6 Å². The predicted octanol–water partition coefficient (Wildman–Crippen LogP) is 4.61. The van der Waals surface area contributed by atoms with Crippen molar-refractivity contribution in [1.29, 1.82) is 0 Å². The highest BCUT2D eigenvalue weighted by molar-refractivity contribution is 7.80. The number of nitrogens with one attached hydrogen (secondary N) is 1. The lowest BCUT2D eigenvalue weighted by Gasteiger charge is -2.57. The molecule has 0 radical (unpaired) electrons. The standard InChI is InChI=1S/C25H33FN2O2S/c26-21-7-5-17(6-8-21)3-2-10-30-23(29)22-4-1-9-28(22)24(31)27-25-14-18-11-19(15-25)13-20(12-18)16-25/h5-8,18-20,22H,1-4,9-16H2,(H,27,31)/t18?,19?,20?,22-,25?/m0/s1. The Kier molecular flexibility index (Phi) is 5.93. The van der Waals surface area contributed by atoms with Crippen molar-refractivity contribution in [2.75, 3.05) is 13.2 Å². The van der Waals surface area contributed by atoms with Crippen molar-refractivity contribution in [3.63, 3.8) is 0 Å². The van der Waals surface area contributed by atoms with Crippen LogP contribution in [0.4, 0.5) is 4.39 Å². The van der Waals surface area contributed by atoms with Crippen LogP contribution in [0.15, 0.2) is 24.3 Å². The van der Waals surface area contributed by atoms with Crippen LogP contribution in [0.2, 0.25) is 0 Å². The Labute approximate surface area is 189 Å². The number of aryl methyl sites for hydroxylation is 1. The van der Waals surface area contributed by atoms with Gasteiger partial charge in [0, 0.05) is 12.1 Å². The van der Waals surface area contributed by atoms with Crippen molar-refractivity contribution >= 4 is 23.3 Å². The van der Waals surface area contributed by atoms with Gasteiger partial charge in [0.15, 0.2) is 5.11 Å². The van der Waals surface area contributed by atoms with Crippen LogP contribution < -0.4 is 5.32 Å². The molecule has 5 aliphatic rings. The average Bonchev–Trinajstić information content (AvgIpc) is 3.21. The van der Waals surface area contributed by atoms with E-state index in [2.05, 4.69) is 10.2 Å². The zero-order valence-electron chi connectivity index (χ0n) is 18.2. The maximum atomic E-state index is 13.0. The summed E-state index contributed by atoms with van der Waals surface area (Å²) in [6, 6.07) is 6.24. The smallest absolute Gasteiger partial charge is 0.328 e. The minimum absolute atomic E-state index is 0.161. The molecule has 1 atom stereocenters. The van der Waals surface area contributed by atoms with E-state index in [9.17, 15) is 9.18 Å². The van der Waals surface area contributed by atoms with Crippen LogP contribution in [0.1, 0.15) is 63.4 Å². The number of ether oxygens (including phenoxy) is 1. The quantitative estimate of drug-likeness (QED) is 0.394. The lowest BCUT2D eigenvalue weighted by molar-refractivity contribution is -0.147. The van der Waals surface area contributed by atoms with Gasteiger partial charge in [-0.25, -0.2) is 9.18 Å². The molecule has 1 aromatic rings. The maximum Gasteiger partial charge on any atom is 0.328 e. The number of benzene rings is 1. The second-order valence-electron chi connectivity index (χ2n) is 10.4. The highest BCUT2D eigenvalue weighted by atomic mass is 32.1. The van der Waals surface area contributed by atoms with E-state index >= 15 is 0 Å². The summed E-state index contributed by atoms with van der Waals surface area (Å²) >= 11 is 5.83. The van der Waals surface area contributed by atoms with Gasteiger partial charge >= 0.3 is 5.97 Å². The van der Waals surface area contributed by atoms with Gasteiger partial charge in [-0.05, 0) is 112 Å². The molecule has 168 valence electrons. The highest BCUT2D eigenvalue weighted by Gasteiger charge is 2.51. The lowest BCUT2D eigenvalue weighted by atomic mass is 9.53. The van der Waals surface area contributed by atoms with E-state index in [0.29, 0.717) is 6.61 Å². The Morgan fingerprint density at radius 1 is 1.13 bits per heavy atom. The number of likely N-dealkylation sites (tertiary alicyclic amines) is 1. The van der Waals surface area contributed by atoms with E-state index in [1.807, 2.05) is 0 Å². The van der Waals surface area contributed by atoms with Crippen LogP contribution >= 0.6 is 12.2 Å². The van der Waals surface area contributed by atoms with E-state index in [0.717, 1.165) is 60.7 Å². The van der Waals surface area contributed by atoms with Crippen molar-refractivity contribution < 1.29 is 13.9 Å². The molecule has 1 N–H and O–H groups in total. The summed E-state index contributed by atoms with van der Waals surface area (Å²) in [4.78, 5) is 14.9. The van der Waals surface area contributed by atoms with Crippen LogP contribution in [0.5, 0.6) is 0 Å². The molecule has 4 aliphatic carbocycles. The molecule has 1 aromatic carbocycles. The highest BCUT2D eigenvalue weighted by Crippen LogP contribution is 2.55. The molecule has 0 unspecified atom stereocenters. The lowest BCUT2D eigenvalue weighted by Crippen LogP contribution is -2.62. The van der Waals surface area contributed by atoms with E-state index < -0.39 is 0 Å². The van der Waals surface area contributed by atoms with Crippen LogP contribution in [0, 0.1) is 23.6 Å². The fourth-order valence-electron chi connectivity index (χ4n) is 7.01. The molecule has 1 heterocycles. The van der Waals surface area contributed by atoms with Crippen LogP contribution in [-0.4, -0.2) is 40.7 Å². The van der Waals surface area contributed by atoms with E-state index in [4.69, 9.17) is 17.0 Å². The van der Waals surface area contributed by atoms with Gasteiger partial charge in [-0.3, -0.25) is 0 Å². The number of thiocarbonyl (C=S) groups is 1. The summed E-state index contributed by atoms with van der Waals surface area (Å²) in [5.41, 5.74) is 1.22. The number of carbonyl (C=O) groups is 1. The number of hydrogen-bond acceptors (Lipinski definition) is 3. The van der Waals surface area contributed by atoms with Gasteiger partial charge < -0.3 is 15.0 Å². The molecule has 6 rings (SSSR count). The normalized spacial score (nSPS) is 33.5. The van der Waals surface area contributed by atoms with Crippen molar-refractivity contribution in [1.82, 2.24) is 10.2 Å². The molecule has 5 fully saturated rings. The molecule has 4 bridgehead atoms. The molecule has 4 nitrogen and oxygen atoms in total. The molecular weight excluding hydrogens is 411 g/mol. The van der Waals surface area contributed by atoms with Crippen molar-refractivity contribution in [2.24, 2.45) is 17.8 Å². The van der Waals surface area contributed by atoms with Crippen LogP contribution in [-0.2, 0) is 16.0 Å². The second-order valence-corrected chi connectivity index (χ2v) is 10.8. The zero-order valence-corrected chi connectivity index (χ0v) is 19.0. The number of carbonyl (C=O) groups excluding carboxylic acids is 1. The third-order valence-electron chi connectivity index (χ3n) is 7.96. The van der Waals surface area contributed by atoms with Gasteiger partial charge in [-0.2, -0.15) is 0 Å². The van der Waals surface area contributed by atoms with E-state index in [-0.39, 0.29) is 23.4 Å². The fraction of sp³-hybridized carbons (Fsp3) is 0.680. The molecule has 0 spiro atoms. The first-order valence-corrected chi connectivity index (χ1v) is 12.4. The summed E-state index contributed by atoms with van der Waals surface area (Å²) in [7, 11) is 0. The monoisotopic (exact) mass is 444 g/mol. The van der Waals surface area contributed by atoms with Crippen molar-refractivity contribution in [3.05, 3.63) is 35.6 Å². The number of halogens is 1. The molecular formula is C25H33FN2O2S. The van der Waals surface area contributed by atoms with Gasteiger partial charge in [0.1, 0.15) is 11.9 Å². The number of esters is 1. The number of rotatable bonds is 6.